The van der Waals surface area contributed by atoms with Crippen LogP contribution in [-0.4, -0.2) is 47.0 Å². The number of fused-ring (bicyclic) bond motifs is 1. The van der Waals surface area contributed by atoms with Gasteiger partial charge < -0.3 is 9.42 Å². The molecule has 0 radical (unpaired) electrons. The summed E-state index contributed by atoms with van der Waals surface area (Å²) in [6.07, 6.45) is 0. The first-order valence-corrected chi connectivity index (χ1v) is 8.62. The van der Waals surface area contributed by atoms with E-state index >= 15 is 0 Å². The van der Waals surface area contributed by atoms with Crippen molar-refractivity contribution in [2.45, 2.75) is 13.5 Å². The van der Waals surface area contributed by atoms with Crippen LogP contribution >= 0.6 is 0 Å². The Morgan fingerprint density at radius 2 is 1.84 bits per heavy atom. The Bertz CT molecular complexity index is 889. The molecule has 5 heteroatoms. The van der Waals surface area contributed by atoms with Gasteiger partial charge in [-0.2, -0.15) is 0 Å². The molecule has 2 heterocycles. The normalized spacial score (nSPS) is 15.6. The maximum atomic E-state index is 12.4. The second kappa shape index (κ2) is 6.69. The van der Waals surface area contributed by atoms with Gasteiger partial charge in [0.05, 0.1) is 5.69 Å². The maximum absolute atomic E-state index is 12.4. The van der Waals surface area contributed by atoms with Gasteiger partial charge in [0.25, 0.3) is 5.91 Å². The van der Waals surface area contributed by atoms with Crippen molar-refractivity contribution in [1.82, 2.24) is 15.0 Å². The predicted octanol–water partition coefficient (Wildman–Crippen LogP) is 3.09. The number of hydrogen-bond donors (Lipinski definition) is 0. The van der Waals surface area contributed by atoms with Crippen LogP contribution < -0.4 is 0 Å². The average Bonchev–Trinajstić information content (AvgIpc) is 3.08. The lowest BCUT2D eigenvalue weighted by Crippen LogP contribution is -2.48. The topological polar surface area (TPSA) is 49.6 Å². The lowest BCUT2D eigenvalue weighted by molar-refractivity contribution is 0.0589. The van der Waals surface area contributed by atoms with Crippen LogP contribution in [0.1, 0.15) is 21.8 Å². The molecule has 1 aliphatic heterocycles. The molecular formula is C20H21N3O2. The minimum Gasteiger partial charge on any atom is -0.351 e. The molecule has 1 aliphatic rings. The summed E-state index contributed by atoms with van der Waals surface area (Å²) in [6, 6.07) is 16.6. The third-order valence-corrected chi connectivity index (χ3v) is 4.77. The first-order chi connectivity index (χ1) is 12.2. The van der Waals surface area contributed by atoms with Gasteiger partial charge in [-0.15, -0.1) is 0 Å². The highest BCUT2D eigenvalue weighted by molar-refractivity contribution is 5.91. The zero-order valence-corrected chi connectivity index (χ0v) is 14.3. The molecular weight excluding hydrogens is 314 g/mol. The minimum atomic E-state index is -0.0644. The summed E-state index contributed by atoms with van der Waals surface area (Å²) in [5, 5.41) is 6.38. The number of nitrogens with zero attached hydrogens (tertiary/aromatic N) is 3. The standard InChI is InChI=1S/C20H21N3O2/c1-15-13-19(25-21-15)20(24)23-11-9-22(10-12-23)14-17-7-4-6-16-5-2-3-8-18(16)17/h2-8,13H,9-12,14H2,1H3. The SMILES string of the molecule is Cc1cc(C(=O)N2CCN(Cc3cccc4ccccc34)CC2)on1. The molecule has 5 nitrogen and oxygen atoms in total. The van der Waals surface area contributed by atoms with Crippen LogP contribution in [-0.2, 0) is 6.54 Å². The molecule has 0 aliphatic carbocycles. The summed E-state index contributed by atoms with van der Waals surface area (Å²) in [5.74, 6) is 0.269. The van der Waals surface area contributed by atoms with Crippen LogP contribution in [0.4, 0.5) is 0 Å². The van der Waals surface area contributed by atoms with Crippen molar-refractivity contribution in [3.8, 4) is 0 Å². The molecule has 1 aromatic heterocycles. The van der Waals surface area contributed by atoms with Crippen LogP contribution in [0.25, 0.3) is 10.8 Å². The largest absolute Gasteiger partial charge is 0.351 e. The van der Waals surface area contributed by atoms with E-state index in [9.17, 15) is 4.79 Å². The molecule has 3 aromatic rings. The van der Waals surface area contributed by atoms with Gasteiger partial charge in [-0.1, -0.05) is 47.6 Å². The Balaban J connectivity index is 1.41. The summed E-state index contributed by atoms with van der Waals surface area (Å²) in [5.41, 5.74) is 2.07. The van der Waals surface area contributed by atoms with E-state index in [1.807, 2.05) is 11.8 Å². The number of aromatic nitrogens is 1. The smallest absolute Gasteiger partial charge is 0.292 e. The van der Waals surface area contributed by atoms with Crippen LogP contribution in [0.3, 0.4) is 0 Å². The van der Waals surface area contributed by atoms with Crippen LogP contribution in [0.2, 0.25) is 0 Å². The summed E-state index contributed by atoms with van der Waals surface area (Å²) >= 11 is 0. The van der Waals surface area contributed by atoms with Crippen LogP contribution in [0.5, 0.6) is 0 Å². The van der Waals surface area contributed by atoms with E-state index in [1.54, 1.807) is 6.07 Å². The Morgan fingerprint density at radius 1 is 1.08 bits per heavy atom. The van der Waals surface area contributed by atoms with Gasteiger partial charge in [0.15, 0.2) is 0 Å². The molecule has 0 N–H and O–H groups in total. The molecule has 4 rings (SSSR count). The fourth-order valence-electron chi connectivity index (χ4n) is 3.40. The molecule has 1 saturated heterocycles. The van der Waals surface area contributed by atoms with Gasteiger partial charge >= 0.3 is 0 Å². The van der Waals surface area contributed by atoms with Crippen molar-refractivity contribution in [3.05, 3.63) is 65.5 Å². The Labute approximate surface area is 146 Å². The molecule has 1 fully saturated rings. The van der Waals surface area contributed by atoms with Crippen molar-refractivity contribution in [1.29, 1.82) is 0 Å². The zero-order valence-electron chi connectivity index (χ0n) is 14.3. The summed E-state index contributed by atoms with van der Waals surface area (Å²) in [7, 11) is 0. The number of carbonyl (C=O) groups is 1. The Kier molecular flexibility index (Phi) is 4.24. The summed E-state index contributed by atoms with van der Waals surface area (Å²) in [6.45, 7) is 5.88. The fraction of sp³-hybridized carbons (Fsp3) is 0.300. The quantitative estimate of drug-likeness (QED) is 0.738. The zero-order chi connectivity index (χ0) is 17.2. The number of aryl methyl sites for hydroxylation is 1. The van der Waals surface area contributed by atoms with E-state index in [0.717, 1.165) is 25.3 Å². The molecule has 0 bridgehead atoms. The second-order valence-electron chi connectivity index (χ2n) is 6.54. The van der Waals surface area contributed by atoms with E-state index in [2.05, 4.69) is 52.5 Å². The van der Waals surface area contributed by atoms with E-state index in [4.69, 9.17) is 4.52 Å². The first-order valence-electron chi connectivity index (χ1n) is 8.62. The molecule has 0 unspecified atom stereocenters. The van der Waals surface area contributed by atoms with E-state index in [1.165, 1.54) is 16.3 Å². The summed E-state index contributed by atoms with van der Waals surface area (Å²) in [4.78, 5) is 16.7. The fourth-order valence-corrected chi connectivity index (χ4v) is 3.40. The molecule has 128 valence electrons. The average molecular weight is 335 g/mol. The van der Waals surface area contributed by atoms with Crippen molar-refractivity contribution in [2.24, 2.45) is 0 Å². The number of piperazine rings is 1. The van der Waals surface area contributed by atoms with Gasteiger partial charge in [-0.3, -0.25) is 9.69 Å². The van der Waals surface area contributed by atoms with E-state index in [0.29, 0.717) is 18.8 Å². The van der Waals surface area contributed by atoms with Crippen molar-refractivity contribution < 1.29 is 9.32 Å². The third kappa shape index (κ3) is 3.28. The Hall–Kier alpha value is -2.66. The number of carbonyl (C=O) groups excluding carboxylic acids is 1. The number of hydrogen-bond acceptors (Lipinski definition) is 4. The molecule has 0 spiro atoms. The Morgan fingerprint density at radius 3 is 2.60 bits per heavy atom. The van der Waals surface area contributed by atoms with Crippen LogP contribution in [0, 0.1) is 6.92 Å². The molecule has 0 atom stereocenters. The van der Waals surface area contributed by atoms with Crippen molar-refractivity contribution in [3.63, 3.8) is 0 Å². The molecule has 25 heavy (non-hydrogen) atoms. The van der Waals surface area contributed by atoms with Gasteiger partial charge in [0, 0.05) is 38.8 Å². The third-order valence-electron chi connectivity index (χ3n) is 4.77. The molecule has 2 aromatic carbocycles. The maximum Gasteiger partial charge on any atom is 0.292 e. The van der Waals surface area contributed by atoms with E-state index < -0.39 is 0 Å². The van der Waals surface area contributed by atoms with Crippen LogP contribution in [0.15, 0.2) is 53.1 Å². The van der Waals surface area contributed by atoms with Crippen molar-refractivity contribution in [2.75, 3.05) is 26.2 Å². The second-order valence-corrected chi connectivity index (χ2v) is 6.54. The lowest BCUT2D eigenvalue weighted by Gasteiger charge is -2.34. The molecule has 1 amide bonds. The highest BCUT2D eigenvalue weighted by Crippen LogP contribution is 2.21. The van der Waals surface area contributed by atoms with E-state index in [-0.39, 0.29) is 5.91 Å². The first kappa shape index (κ1) is 15.8. The van der Waals surface area contributed by atoms with Gasteiger partial charge in [-0.05, 0) is 23.3 Å². The number of amides is 1. The minimum absolute atomic E-state index is 0.0644. The van der Waals surface area contributed by atoms with Gasteiger partial charge in [0.2, 0.25) is 5.76 Å². The summed E-state index contributed by atoms with van der Waals surface area (Å²) < 4.78 is 5.10. The highest BCUT2D eigenvalue weighted by Gasteiger charge is 2.24. The monoisotopic (exact) mass is 335 g/mol. The molecule has 0 saturated carbocycles. The lowest BCUT2D eigenvalue weighted by atomic mass is 10.0. The predicted molar refractivity (Wildman–Crippen MR) is 96.4 cm³/mol. The number of benzene rings is 2. The number of rotatable bonds is 3. The van der Waals surface area contributed by atoms with Gasteiger partial charge in [-0.25, -0.2) is 0 Å². The van der Waals surface area contributed by atoms with Gasteiger partial charge in [0.1, 0.15) is 0 Å². The highest BCUT2D eigenvalue weighted by atomic mass is 16.5. The van der Waals surface area contributed by atoms with Crippen molar-refractivity contribution >= 4 is 16.7 Å².